The second-order valence-corrected chi connectivity index (χ2v) is 12.3. The Morgan fingerprint density at radius 1 is 0.818 bits per heavy atom. The molecule has 2 aromatic carbocycles. The van der Waals surface area contributed by atoms with Crippen molar-refractivity contribution in [3.63, 3.8) is 0 Å². The quantitative estimate of drug-likeness (QED) is 0.271. The molecule has 0 amide bonds. The number of nitrogens with zero attached hydrogens (tertiary/aromatic N) is 2. The predicted octanol–water partition coefficient (Wildman–Crippen LogP) is 8.96. The van der Waals surface area contributed by atoms with Crippen molar-refractivity contribution in [2.24, 2.45) is 29.6 Å². The molecule has 0 unspecified atom stereocenters. The Balaban J connectivity index is 0.000000330. The number of anilines is 1. The molecule has 0 saturated heterocycles. The van der Waals surface area contributed by atoms with Gasteiger partial charge in [0.1, 0.15) is 0 Å². The summed E-state index contributed by atoms with van der Waals surface area (Å²) in [6.07, 6.45) is 0. The molecule has 5 heteroatoms. The molecule has 33 heavy (non-hydrogen) atoms. The molecule has 0 spiro atoms. The van der Waals surface area contributed by atoms with Crippen LogP contribution in [0.1, 0.15) is 62.4 Å². The standard InChI is InChI=1S/C17H17N2.C10H20.CH3.2ClH.Ti/c1-11-8-12(2)16(13(3)9-11)19-10-14-6-4-5-7-15(14)17(19)18;1-6-7(2)9(4)10(5)8(6)3;;;;/h4-9H,10H2,1-3H3;6-10H,1-5H3;1H3;2*1H;/q-1;;-1;;;+2/p-2. The molecule has 1 aliphatic carbocycles. The minimum absolute atomic E-state index is 0. The molecule has 0 N–H and O–H groups in total. The van der Waals surface area contributed by atoms with E-state index in [9.17, 15) is 5.41 Å². The first kappa shape index (κ1) is 30.2. The number of rotatable bonds is 1. The van der Waals surface area contributed by atoms with E-state index < -0.39 is 17.0 Å². The molecule has 1 aliphatic heterocycles. The molecular weight excluding hydrogens is 483 g/mol. The van der Waals surface area contributed by atoms with E-state index in [0.717, 1.165) is 47.4 Å². The Morgan fingerprint density at radius 2 is 1.21 bits per heavy atom. The van der Waals surface area contributed by atoms with E-state index in [2.05, 4.69) is 73.6 Å². The molecule has 0 aromatic heterocycles. The van der Waals surface area contributed by atoms with Crippen molar-refractivity contribution in [2.75, 3.05) is 4.90 Å². The molecule has 0 atom stereocenters. The summed E-state index contributed by atoms with van der Waals surface area (Å²) in [4.78, 5) is 2.01. The van der Waals surface area contributed by atoms with E-state index in [1.807, 2.05) is 23.1 Å². The van der Waals surface area contributed by atoms with Gasteiger partial charge in [-0.05, 0) is 84.8 Å². The third kappa shape index (κ3) is 6.88. The number of hydrogen-bond acceptors (Lipinski definition) is 0. The zero-order chi connectivity index (χ0) is 24.2. The molecule has 0 bridgehead atoms. The number of hydrogen-bond donors (Lipinski definition) is 0. The van der Waals surface area contributed by atoms with Gasteiger partial charge >= 0.3 is 35.6 Å². The number of amidine groups is 1. The fourth-order valence-corrected chi connectivity index (χ4v) is 5.44. The monoisotopic (exact) mass is 522 g/mol. The van der Waals surface area contributed by atoms with Gasteiger partial charge in [-0.1, -0.05) is 82.4 Å². The van der Waals surface area contributed by atoms with Gasteiger partial charge in [0.05, 0.1) is 0 Å². The van der Waals surface area contributed by atoms with Crippen LogP contribution >= 0.6 is 18.6 Å². The predicted molar refractivity (Wildman–Crippen MR) is 145 cm³/mol. The van der Waals surface area contributed by atoms with Gasteiger partial charge in [0.2, 0.25) is 0 Å². The zero-order valence-corrected chi connectivity index (χ0v) is 24.8. The summed E-state index contributed by atoms with van der Waals surface area (Å²) in [5.41, 5.74) is 6.92. The van der Waals surface area contributed by atoms with Gasteiger partial charge in [-0.15, -0.1) is 0 Å². The van der Waals surface area contributed by atoms with Crippen molar-refractivity contribution in [1.29, 1.82) is 0 Å². The van der Waals surface area contributed by atoms with Gasteiger partial charge in [-0.2, -0.15) is 0 Å². The zero-order valence-electron chi connectivity index (χ0n) is 21.7. The minimum atomic E-state index is -0.556. The number of fused-ring (bicyclic) bond motifs is 1. The van der Waals surface area contributed by atoms with Gasteiger partial charge in [0.15, 0.2) is 0 Å². The molecule has 1 saturated carbocycles. The summed E-state index contributed by atoms with van der Waals surface area (Å²) in [5, 5.41) is 10.5. The fraction of sp³-hybridized carbons (Fsp3) is 0.500. The van der Waals surface area contributed by atoms with Crippen LogP contribution in [0, 0.1) is 57.8 Å². The number of benzene rings is 2. The van der Waals surface area contributed by atoms with Crippen molar-refractivity contribution >= 4 is 30.1 Å². The Labute approximate surface area is 219 Å². The van der Waals surface area contributed by atoms with Gasteiger partial charge in [-0.3, -0.25) is 0 Å². The van der Waals surface area contributed by atoms with Crippen LogP contribution in [0.4, 0.5) is 5.69 Å². The maximum absolute atomic E-state index is 10.5. The van der Waals surface area contributed by atoms with E-state index in [0.29, 0.717) is 5.84 Å². The Bertz CT molecular complexity index is 862. The molecule has 2 aliphatic rings. The van der Waals surface area contributed by atoms with Crippen molar-refractivity contribution in [3.05, 3.63) is 77.1 Å². The molecule has 182 valence electrons. The van der Waals surface area contributed by atoms with E-state index in [4.69, 9.17) is 18.6 Å². The van der Waals surface area contributed by atoms with Crippen LogP contribution in [-0.4, -0.2) is 5.84 Å². The summed E-state index contributed by atoms with van der Waals surface area (Å²) >= 11 is -0.556. The average Bonchev–Trinajstić information content (AvgIpc) is 3.15. The Hall–Kier alpha value is -0.796. The SMILES string of the molecule is CC1C(C)C(C)C(C)C1C.Cc1cc(C)c(N2Cc3ccccc3C2=[N-])c(C)c1.[CH3-].[Cl][Ti][Cl]. The van der Waals surface area contributed by atoms with Gasteiger partial charge in [-0.25, -0.2) is 0 Å². The van der Waals surface area contributed by atoms with Crippen LogP contribution in [0.15, 0.2) is 36.4 Å². The van der Waals surface area contributed by atoms with Crippen LogP contribution in [0.25, 0.3) is 5.41 Å². The molecular formula is C28H40Cl2N2Ti-2. The van der Waals surface area contributed by atoms with Crippen molar-refractivity contribution < 1.29 is 17.0 Å². The van der Waals surface area contributed by atoms with Gasteiger partial charge in [0.25, 0.3) is 0 Å². The molecule has 2 nitrogen and oxygen atoms in total. The van der Waals surface area contributed by atoms with Crippen LogP contribution in [-0.2, 0) is 23.6 Å². The Kier molecular flexibility index (Phi) is 12.2. The van der Waals surface area contributed by atoms with E-state index >= 15 is 0 Å². The molecule has 1 fully saturated rings. The van der Waals surface area contributed by atoms with Crippen molar-refractivity contribution in [2.45, 2.75) is 61.9 Å². The van der Waals surface area contributed by atoms with E-state index in [-0.39, 0.29) is 7.43 Å². The number of halogens is 2. The topological polar surface area (TPSA) is 25.5 Å². The van der Waals surface area contributed by atoms with Crippen LogP contribution in [0.2, 0.25) is 0 Å². The van der Waals surface area contributed by atoms with Gasteiger partial charge < -0.3 is 17.7 Å². The second kappa shape index (κ2) is 13.3. The molecule has 0 radical (unpaired) electrons. The first-order chi connectivity index (χ1) is 15.0. The fourth-order valence-electron chi connectivity index (χ4n) is 5.44. The van der Waals surface area contributed by atoms with Crippen LogP contribution in [0.5, 0.6) is 0 Å². The summed E-state index contributed by atoms with van der Waals surface area (Å²) in [7, 11) is 9.78. The van der Waals surface area contributed by atoms with E-state index in [1.54, 1.807) is 0 Å². The summed E-state index contributed by atoms with van der Waals surface area (Å²) in [5.74, 6) is 5.04. The molecule has 1 heterocycles. The summed E-state index contributed by atoms with van der Waals surface area (Å²) in [6.45, 7) is 19.0. The maximum atomic E-state index is 10.5. The van der Waals surface area contributed by atoms with E-state index in [1.165, 1.54) is 22.3 Å². The Morgan fingerprint density at radius 3 is 1.61 bits per heavy atom. The van der Waals surface area contributed by atoms with Crippen molar-refractivity contribution in [3.8, 4) is 0 Å². The third-order valence-electron chi connectivity index (χ3n) is 7.89. The summed E-state index contributed by atoms with van der Waals surface area (Å²) in [6, 6.07) is 12.4. The van der Waals surface area contributed by atoms with Gasteiger partial charge in [0, 0.05) is 0 Å². The van der Waals surface area contributed by atoms with Crippen LogP contribution < -0.4 is 4.90 Å². The summed E-state index contributed by atoms with van der Waals surface area (Å²) < 4.78 is 0. The molecule has 4 rings (SSSR count). The number of aryl methyl sites for hydroxylation is 3. The van der Waals surface area contributed by atoms with Crippen LogP contribution in [0.3, 0.4) is 0 Å². The first-order valence-corrected chi connectivity index (χ1v) is 15.8. The van der Waals surface area contributed by atoms with Crippen molar-refractivity contribution in [1.82, 2.24) is 0 Å². The normalized spacial score (nSPS) is 25.2. The average molecular weight is 523 g/mol. The third-order valence-corrected chi connectivity index (χ3v) is 7.89. The first-order valence-electron chi connectivity index (χ1n) is 11.5. The second-order valence-electron chi connectivity index (χ2n) is 9.68. The molecule has 2 aromatic rings.